The highest BCUT2D eigenvalue weighted by Crippen LogP contribution is 2.23. The van der Waals surface area contributed by atoms with Crippen LogP contribution in [0.5, 0.6) is 11.5 Å². The van der Waals surface area contributed by atoms with Crippen molar-refractivity contribution in [2.75, 3.05) is 0 Å². The first-order valence-electron chi connectivity index (χ1n) is 9.56. The first-order valence-corrected chi connectivity index (χ1v) is 9.56. The second-order valence-corrected chi connectivity index (χ2v) is 7.52. The summed E-state index contributed by atoms with van der Waals surface area (Å²) in [6.07, 6.45) is 4.71. The van der Waals surface area contributed by atoms with Crippen molar-refractivity contribution in [1.82, 2.24) is 10.6 Å². The number of phenolic OH excluding ortho intramolecular Hbond substituents is 2. The largest absolute Gasteiger partial charge is 0.508 e. The summed E-state index contributed by atoms with van der Waals surface area (Å²) in [5.74, 6) is 0.709. The Morgan fingerprint density at radius 1 is 0.769 bits per heavy atom. The molecular formula is C22H30N2O2. The lowest BCUT2D eigenvalue weighted by Gasteiger charge is -2.33. The molecule has 4 nitrogen and oxygen atoms in total. The van der Waals surface area contributed by atoms with Gasteiger partial charge in [-0.15, -0.1) is 0 Å². The van der Waals surface area contributed by atoms with E-state index in [0.717, 1.165) is 35.1 Å². The fraction of sp³-hybridized carbons (Fsp3) is 0.455. The van der Waals surface area contributed by atoms with Gasteiger partial charge in [-0.3, -0.25) is 0 Å². The highest BCUT2D eigenvalue weighted by molar-refractivity contribution is 5.36. The van der Waals surface area contributed by atoms with E-state index < -0.39 is 0 Å². The second-order valence-electron chi connectivity index (χ2n) is 7.52. The molecule has 0 aliphatic heterocycles. The number of aryl methyl sites for hydroxylation is 2. The van der Waals surface area contributed by atoms with Crippen LogP contribution in [0.2, 0.25) is 0 Å². The summed E-state index contributed by atoms with van der Waals surface area (Å²) in [4.78, 5) is 0. The van der Waals surface area contributed by atoms with Crippen LogP contribution < -0.4 is 10.6 Å². The predicted octanol–water partition coefficient (Wildman–Crippen LogP) is 3.91. The summed E-state index contributed by atoms with van der Waals surface area (Å²) < 4.78 is 0. The molecule has 0 spiro atoms. The molecule has 0 radical (unpaired) electrons. The van der Waals surface area contributed by atoms with Gasteiger partial charge in [0.2, 0.25) is 0 Å². The number of hydrogen-bond donors (Lipinski definition) is 4. The summed E-state index contributed by atoms with van der Waals surface area (Å²) in [6, 6.07) is 12.2. The zero-order chi connectivity index (χ0) is 18.5. The Bertz CT molecular complexity index is 681. The summed E-state index contributed by atoms with van der Waals surface area (Å²) in [6.45, 7) is 5.43. The molecule has 2 aromatic rings. The molecule has 0 amide bonds. The van der Waals surface area contributed by atoms with E-state index in [0.29, 0.717) is 36.7 Å². The Hall–Kier alpha value is -2.04. The summed E-state index contributed by atoms with van der Waals surface area (Å²) in [5, 5.41) is 27.4. The standard InChI is InChI=1S/C22H30N2O2/c1-15-7-9-21(25)17(11-15)13-23-19-5-3-4-6-20(19)24-14-18-12-16(2)8-10-22(18)26/h7-12,19-20,23-26H,3-6,13-14H2,1-2H3/t19-,20-/m0/s1. The molecular weight excluding hydrogens is 324 g/mol. The molecule has 0 bridgehead atoms. The maximum atomic E-state index is 10.1. The molecule has 4 heteroatoms. The van der Waals surface area contributed by atoms with Crippen molar-refractivity contribution in [2.24, 2.45) is 0 Å². The zero-order valence-corrected chi connectivity index (χ0v) is 15.8. The van der Waals surface area contributed by atoms with Gasteiger partial charge in [0.15, 0.2) is 0 Å². The van der Waals surface area contributed by atoms with Crippen molar-refractivity contribution >= 4 is 0 Å². The maximum Gasteiger partial charge on any atom is 0.120 e. The normalized spacial score (nSPS) is 20.2. The minimum absolute atomic E-state index is 0.355. The molecule has 2 aromatic carbocycles. The van der Waals surface area contributed by atoms with Crippen molar-refractivity contribution in [3.8, 4) is 11.5 Å². The van der Waals surface area contributed by atoms with E-state index in [1.807, 2.05) is 38.1 Å². The lowest BCUT2D eigenvalue weighted by atomic mass is 9.89. The van der Waals surface area contributed by atoms with Crippen molar-refractivity contribution in [3.63, 3.8) is 0 Å². The van der Waals surface area contributed by atoms with Gasteiger partial charge in [0.25, 0.3) is 0 Å². The van der Waals surface area contributed by atoms with Crippen LogP contribution in [-0.4, -0.2) is 22.3 Å². The quantitative estimate of drug-likeness (QED) is 0.635. The Morgan fingerprint density at radius 2 is 1.19 bits per heavy atom. The SMILES string of the molecule is Cc1ccc(O)c(CN[C@H]2CCCC[C@@H]2NCc2cc(C)ccc2O)c1. The third-order valence-electron chi connectivity index (χ3n) is 5.35. The molecule has 0 saturated heterocycles. The van der Waals surface area contributed by atoms with Gasteiger partial charge in [-0.05, 0) is 38.8 Å². The number of phenols is 2. The fourth-order valence-corrected chi connectivity index (χ4v) is 3.81. The van der Waals surface area contributed by atoms with E-state index in [9.17, 15) is 10.2 Å². The zero-order valence-electron chi connectivity index (χ0n) is 15.8. The fourth-order valence-electron chi connectivity index (χ4n) is 3.81. The van der Waals surface area contributed by atoms with Gasteiger partial charge < -0.3 is 20.8 Å². The molecule has 140 valence electrons. The topological polar surface area (TPSA) is 64.5 Å². The third-order valence-corrected chi connectivity index (χ3v) is 5.35. The van der Waals surface area contributed by atoms with Crippen LogP contribution in [0.4, 0.5) is 0 Å². The monoisotopic (exact) mass is 354 g/mol. The number of benzene rings is 2. The van der Waals surface area contributed by atoms with Gasteiger partial charge in [-0.25, -0.2) is 0 Å². The number of rotatable bonds is 6. The van der Waals surface area contributed by atoms with Crippen LogP contribution in [0.15, 0.2) is 36.4 Å². The van der Waals surface area contributed by atoms with Crippen LogP contribution in [0.3, 0.4) is 0 Å². The molecule has 26 heavy (non-hydrogen) atoms. The molecule has 1 aliphatic rings. The van der Waals surface area contributed by atoms with Crippen molar-refractivity contribution in [2.45, 2.75) is 64.7 Å². The van der Waals surface area contributed by atoms with E-state index in [4.69, 9.17) is 0 Å². The minimum Gasteiger partial charge on any atom is -0.508 e. The average Bonchev–Trinajstić information content (AvgIpc) is 2.64. The molecule has 1 saturated carbocycles. The highest BCUT2D eigenvalue weighted by atomic mass is 16.3. The van der Waals surface area contributed by atoms with E-state index in [-0.39, 0.29) is 0 Å². The summed E-state index contributed by atoms with van der Waals surface area (Å²) in [5.41, 5.74) is 4.22. The summed E-state index contributed by atoms with van der Waals surface area (Å²) in [7, 11) is 0. The molecule has 0 aromatic heterocycles. The lowest BCUT2D eigenvalue weighted by molar-refractivity contribution is 0.279. The molecule has 2 atom stereocenters. The second kappa shape index (κ2) is 8.56. The molecule has 0 heterocycles. The molecule has 0 unspecified atom stereocenters. The third kappa shape index (κ3) is 4.77. The van der Waals surface area contributed by atoms with Gasteiger partial charge in [0, 0.05) is 36.3 Å². The Balaban J connectivity index is 1.60. The van der Waals surface area contributed by atoms with Gasteiger partial charge >= 0.3 is 0 Å². The van der Waals surface area contributed by atoms with E-state index in [2.05, 4.69) is 10.6 Å². The van der Waals surface area contributed by atoms with E-state index >= 15 is 0 Å². The van der Waals surface area contributed by atoms with Crippen LogP contribution in [0.25, 0.3) is 0 Å². The van der Waals surface area contributed by atoms with Crippen molar-refractivity contribution in [3.05, 3.63) is 58.7 Å². The molecule has 4 N–H and O–H groups in total. The highest BCUT2D eigenvalue weighted by Gasteiger charge is 2.24. The lowest BCUT2D eigenvalue weighted by Crippen LogP contribution is -2.49. The van der Waals surface area contributed by atoms with Gasteiger partial charge in [-0.2, -0.15) is 0 Å². The Labute approximate surface area is 156 Å². The number of nitrogens with one attached hydrogen (secondary N) is 2. The van der Waals surface area contributed by atoms with Crippen molar-refractivity contribution < 1.29 is 10.2 Å². The number of aromatic hydroxyl groups is 2. The van der Waals surface area contributed by atoms with E-state index in [1.165, 1.54) is 12.8 Å². The van der Waals surface area contributed by atoms with Crippen LogP contribution in [0.1, 0.15) is 47.9 Å². The van der Waals surface area contributed by atoms with Gasteiger partial charge in [-0.1, -0.05) is 48.2 Å². The minimum atomic E-state index is 0.355. The molecule has 1 aliphatic carbocycles. The molecule has 3 rings (SSSR count). The first kappa shape index (κ1) is 18.7. The first-order chi connectivity index (χ1) is 12.5. The van der Waals surface area contributed by atoms with Gasteiger partial charge in [0.05, 0.1) is 0 Å². The van der Waals surface area contributed by atoms with Crippen LogP contribution in [-0.2, 0) is 13.1 Å². The van der Waals surface area contributed by atoms with Crippen LogP contribution in [0, 0.1) is 13.8 Å². The Morgan fingerprint density at radius 3 is 1.62 bits per heavy atom. The average molecular weight is 354 g/mol. The van der Waals surface area contributed by atoms with Crippen molar-refractivity contribution in [1.29, 1.82) is 0 Å². The smallest absolute Gasteiger partial charge is 0.120 e. The van der Waals surface area contributed by atoms with Gasteiger partial charge in [0.1, 0.15) is 11.5 Å². The Kier molecular flexibility index (Phi) is 6.17. The van der Waals surface area contributed by atoms with E-state index in [1.54, 1.807) is 12.1 Å². The molecule has 1 fully saturated rings. The predicted molar refractivity (Wildman–Crippen MR) is 105 cm³/mol. The number of hydrogen-bond acceptors (Lipinski definition) is 4. The maximum absolute atomic E-state index is 10.1. The summed E-state index contributed by atoms with van der Waals surface area (Å²) >= 11 is 0. The van der Waals surface area contributed by atoms with Crippen LogP contribution >= 0.6 is 0 Å².